The molecule has 0 aromatic heterocycles. The maximum absolute atomic E-state index is 13.1. The van der Waals surface area contributed by atoms with Crippen LogP contribution >= 0.6 is 15.9 Å². The minimum absolute atomic E-state index is 0.190. The monoisotopic (exact) mass is 285 g/mol. The molecule has 0 heterocycles. The third-order valence-corrected chi connectivity index (χ3v) is 4.11. The normalized spacial score (nSPS) is 25.5. The Labute approximate surface area is 105 Å². The van der Waals surface area contributed by atoms with Gasteiger partial charge in [-0.15, -0.1) is 0 Å². The Morgan fingerprint density at radius 1 is 1.56 bits per heavy atom. The van der Waals surface area contributed by atoms with Crippen LogP contribution in [0.4, 0.5) is 4.39 Å². The van der Waals surface area contributed by atoms with Crippen LogP contribution in [0.5, 0.6) is 0 Å². The zero-order chi connectivity index (χ0) is 11.7. The van der Waals surface area contributed by atoms with Gasteiger partial charge in [-0.05, 0) is 65.4 Å². The lowest BCUT2D eigenvalue weighted by molar-refractivity contribution is 0.479. The van der Waals surface area contributed by atoms with Gasteiger partial charge in [-0.1, -0.05) is 13.0 Å². The highest BCUT2D eigenvalue weighted by Crippen LogP contribution is 2.41. The number of hydrogen-bond acceptors (Lipinski definition) is 1. The summed E-state index contributed by atoms with van der Waals surface area (Å²) in [7, 11) is 2.01. The first-order valence-corrected chi connectivity index (χ1v) is 6.52. The summed E-state index contributed by atoms with van der Waals surface area (Å²) in [5.41, 5.74) is 1.19. The second kappa shape index (κ2) is 4.84. The molecule has 0 bridgehead atoms. The minimum atomic E-state index is -0.190. The number of benzene rings is 1. The Kier molecular flexibility index (Phi) is 3.65. The minimum Gasteiger partial charge on any atom is -0.316 e. The number of nitrogens with one attached hydrogen (secondary N) is 1. The van der Waals surface area contributed by atoms with E-state index in [9.17, 15) is 4.39 Å². The highest BCUT2D eigenvalue weighted by atomic mass is 79.9. The van der Waals surface area contributed by atoms with Crippen LogP contribution in [0.15, 0.2) is 22.7 Å². The standard InChI is InChI=1S/C13H17BrFN/c1-8-5-10(8)13(16-2)7-9-3-4-12(15)11(14)6-9/h3-4,6,8,10,13,16H,5,7H2,1-2H3. The lowest BCUT2D eigenvalue weighted by Crippen LogP contribution is -2.30. The lowest BCUT2D eigenvalue weighted by atomic mass is 10.0. The van der Waals surface area contributed by atoms with Crippen molar-refractivity contribution in [1.29, 1.82) is 0 Å². The number of rotatable bonds is 4. The van der Waals surface area contributed by atoms with Gasteiger partial charge in [0.05, 0.1) is 4.47 Å². The molecule has 0 amide bonds. The van der Waals surface area contributed by atoms with Crippen LogP contribution in [0, 0.1) is 17.7 Å². The molecule has 1 aromatic carbocycles. The maximum Gasteiger partial charge on any atom is 0.137 e. The molecule has 1 N–H and O–H groups in total. The van der Waals surface area contributed by atoms with E-state index in [1.54, 1.807) is 0 Å². The van der Waals surface area contributed by atoms with E-state index in [-0.39, 0.29) is 5.82 Å². The summed E-state index contributed by atoms with van der Waals surface area (Å²) in [6.45, 7) is 2.29. The van der Waals surface area contributed by atoms with Gasteiger partial charge in [0, 0.05) is 6.04 Å². The van der Waals surface area contributed by atoms with Crippen LogP contribution < -0.4 is 5.32 Å². The van der Waals surface area contributed by atoms with Crippen molar-refractivity contribution in [3.8, 4) is 0 Å². The molecule has 2 rings (SSSR count). The van der Waals surface area contributed by atoms with Crippen LogP contribution in [0.3, 0.4) is 0 Å². The molecule has 1 aliphatic carbocycles. The highest BCUT2D eigenvalue weighted by Gasteiger charge is 2.38. The fraction of sp³-hybridized carbons (Fsp3) is 0.538. The van der Waals surface area contributed by atoms with Crippen molar-refractivity contribution >= 4 is 15.9 Å². The summed E-state index contributed by atoms with van der Waals surface area (Å²) in [6.07, 6.45) is 2.29. The maximum atomic E-state index is 13.1. The summed E-state index contributed by atoms with van der Waals surface area (Å²) >= 11 is 3.23. The zero-order valence-electron chi connectivity index (χ0n) is 9.63. The van der Waals surface area contributed by atoms with Crippen molar-refractivity contribution in [2.24, 2.45) is 11.8 Å². The summed E-state index contributed by atoms with van der Waals surface area (Å²) in [5, 5.41) is 3.37. The molecule has 0 spiro atoms. The molecule has 16 heavy (non-hydrogen) atoms. The van der Waals surface area contributed by atoms with Crippen LogP contribution in [-0.4, -0.2) is 13.1 Å². The summed E-state index contributed by atoms with van der Waals surface area (Å²) in [6, 6.07) is 5.81. The van der Waals surface area contributed by atoms with Crippen LogP contribution in [0.25, 0.3) is 0 Å². The molecule has 1 fully saturated rings. The van der Waals surface area contributed by atoms with E-state index in [0.717, 1.165) is 18.3 Å². The molecule has 1 aliphatic rings. The Balaban J connectivity index is 2.04. The average molecular weight is 286 g/mol. The van der Waals surface area contributed by atoms with Gasteiger partial charge in [0.2, 0.25) is 0 Å². The SMILES string of the molecule is CNC(Cc1ccc(F)c(Br)c1)C1CC1C. The predicted molar refractivity (Wildman–Crippen MR) is 67.9 cm³/mol. The van der Waals surface area contributed by atoms with E-state index in [1.807, 2.05) is 19.2 Å². The predicted octanol–water partition coefficient (Wildman–Crippen LogP) is 3.37. The van der Waals surface area contributed by atoms with Crippen molar-refractivity contribution in [3.63, 3.8) is 0 Å². The van der Waals surface area contributed by atoms with E-state index in [2.05, 4.69) is 28.2 Å². The second-order valence-corrected chi connectivity index (χ2v) is 5.58. The first-order valence-electron chi connectivity index (χ1n) is 5.73. The van der Waals surface area contributed by atoms with Gasteiger partial charge in [-0.25, -0.2) is 4.39 Å². The molecule has 88 valence electrons. The van der Waals surface area contributed by atoms with Crippen molar-refractivity contribution in [2.75, 3.05) is 7.05 Å². The number of hydrogen-bond donors (Lipinski definition) is 1. The summed E-state index contributed by atoms with van der Waals surface area (Å²) < 4.78 is 13.6. The van der Waals surface area contributed by atoms with Gasteiger partial charge in [-0.3, -0.25) is 0 Å². The zero-order valence-corrected chi connectivity index (χ0v) is 11.2. The van der Waals surface area contributed by atoms with E-state index in [0.29, 0.717) is 10.5 Å². The Bertz CT molecular complexity index is 380. The molecule has 3 unspecified atom stereocenters. The van der Waals surface area contributed by atoms with Crippen LogP contribution in [0.1, 0.15) is 18.9 Å². The van der Waals surface area contributed by atoms with E-state index >= 15 is 0 Å². The quantitative estimate of drug-likeness (QED) is 0.894. The Morgan fingerprint density at radius 3 is 2.75 bits per heavy atom. The average Bonchev–Trinajstić information content (AvgIpc) is 2.97. The number of halogens is 2. The third kappa shape index (κ3) is 2.64. The third-order valence-electron chi connectivity index (χ3n) is 3.50. The van der Waals surface area contributed by atoms with Crippen molar-refractivity contribution in [3.05, 3.63) is 34.1 Å². The second-order valence-electron chi connectivity index (χ2n) is 4.72. The summed E-state index contributed by atoms with van der Waals surface area (Å²) in [4.78, 5) is 0. The first-order chi connectivity index (χ1) is 7.61. The van der Waals surface area contributed by atoms with Gasteiger partial charge in [0.15, 0.2) is 0 Å². The van der Waals surface area contributed by atoms with Crippen LogP contribution in [0.2, 0.25) is 0 Å². The van der Waals surface area contributed by atoms with E-state index in [4.69, 9.17) is 0 Å². The highest BCUT2D eigenvalue weighted by molar-refractivity contribution is 9.10. The molecule has 1 saturated carbocycles. The molecule has 1 aromatic rings. The van der Waals surface area contributed by atoms with Gasteiger partial charge >= 0.3 is 0 Å². The molecule has 0 radical (unpaired) electrons. The topological polar surface area (TPSA) is 12.0 Å². The lowest BCUT2D eigenvalue weighted by Gasteiger charge is -2.16. The molecule has 0 aliphatic heterocycles. The summed E-state index contributed by atoms with van der Waals surface area (Å²) in [5.74, 6) is 1.43. The van der Waals surface area contributed by atoms with Crippen molar-refractivity contribution in [2.45, 2.75) is 25.8 Å². The Hall–Kier alpha value is -0.410. The Morgan fingerprint density at radius 2 is 2.25 bits per heavy atom. The van der Waals surface area contributed by atoms with Crippen molar-refractivity contribution in [1.82, 2.24) is 5.32 Å². The van der Waals surface area contributed by atoms with E-state index in [1.165, 1.54) is 18.1 Å². The molecule has 1 nitrogen and oxygen atoms in total. The molecule has 3 atom stereocenters. The largest absolute Gasteiger partial charge is 0.316 e. The van der Waals surface area contributed by atoms with Gasteiger partial charge in [0.25, 0.3) is 0 Å². The fourth-order valence-electron chi connectivity index (χ4n) is 2.30. The van der Waals surface area contributed by atoms with Gasteiger partial charge in [0.1, 0.15) is 5.82 Å². The first kappa shape index (κ1) is 12.1. The van der Waals surface area contributed by atoms with Crippen LogP contribution in [-0.2, 0) is 6.42 Å². The number of likely N-dealkylation sites (N-methyl/N-ethyl adjacent to an activating group) is 1. The molecule has 0 saturated heterocycles. The van der Waals surface area contributed by atoms with Crippen molar-refractivity contribution < 1.29 is 4.39 Å². The molecule has 3 heteroatoms. The van der Waals surface area contributed by atoms with Gasteiger partial charge < -0.3 is 5.32 Å². The fourth-order valence-corrected chi connectivity index (χ4v) is 2.73. The molecular weight excluding hydrogens is 269 g/mol. The van der Waals surface area contributed by atoms with Gasteiger partial charge in [-0.2, -0.15) is 0 Å². The molecular formula is C13H17BrFN. The van der Waals surface area contributed by atoms with E-state index < -0.39 is 0 Å². The smallest absolute Gasteiger partial charge is 0.137 e.